The van der Waals surface area contributed by atoms with Gasteiger partial charge in [-0.25, -0.2) is 0 Å². The van der Waals surface area contributed by atoms with E-state index < -0.39 is 0 Å². The molecule has 1 aliphatic heterocycles. The van der Waals surface area contributed by atoms with Gasteiger partial charge in [0.2, 0.25) is 0 Å². The number of morpholine rings is 1. The minimum atomic E-state index is -0.0164. The fraction of sp³-hybridized carbons (Fsp3) is 1.00. The fourth-order valence-corrected chi connectivity index (χ4v) is 3.89. The number of nitrogens with two attached hydrogens (primary N) is 1. The van der Waals surface area contributed by atoms with Crippen LogP contribution < -0.4 is 5.73 Å². The van der Waals surface area contributed by atoms with Gasteiger partial charge in [-0.2, -0.15) is 0 Å². The molecule has 0 radical (unpaired) electrons. The van der Waals surface area contributed by atoms with E-state index in [1.54, 1.807) is 0 Å². The Balaban J connectivity index is 2.07. The molecule has 106 valence electrons. The van der Waals surface area contributed by atoms with Crippen LogP contribution in [0.2, 0.25) is 0 Å². The van der Waals surface area contributed by atoms with Gasteiger partial charge in [0.15, 0.2) is 0 Å². The third kappa shape index (κ3) is 3.25. The number of hydrogen-bond acceptors (Lipinski definition) is 3. The van der Waals surface area contributed by atoms with E-state index >= 15 is 0 Å². The molecule has 0 amide bonds. The van der Waals surface area contributed by atoms with Crippen LogP contribution in [-0.4, -0.2) is 42.3 Å². The zero-order chi connectivity index (χ0) is 13.3. The van der Waals surface area contributed by atoms with E-state index in [1.165, 1.54) is 19.3 Å². The van der Waals surface area contributed by atoms with Gasteiger partial charge in [0.05, 0.1) is 11.7 Å². The molecule has 4 atom stereocenters. The Morgan fingerprint density at radius 3 is 2.61 bits per heavy atom. The van der Waals surface area contributed by atoms with E-state index in [2.05, 4.69) is 32.6 Å². The molecule has 0 aromatic heterocycles. The molecular formula is C15H30N2O. The second kappa shape index (κ2) is 5.48. The van der Waals surface area contributed by atoms with Crippen LogP contribution in [0, 0.1) is 11.8 Å². The number of hydrogen-bond donors (Lipinski definition) is 1. The lowest BCUT2D eigenvalue weighted by Crippen LogP contribution is -2.58. The smallest absolute Gasteiger partial charge is 0.0757 e. The molecule has 2 rings (SSSR count). The molecule has 2 N–H and O–H groups in total. The zero-order valence-electron chi connectivity index (χ0n) is 12.5. The van der Waals surface area contributed by atoms with Crippen molar-refractivity contribution in [1.82, 2.24) is 4.90 Å². The van der Waals surface area contributed by atoms with Crippen molar-refractivity contribution in [3.63, 3.8) is 0 Å². The Morgan fingerprint density at radius 1 is 1.28 bits per heavy atom. The SMILES string of the molecule is CC1CCC(CN)C(N2CC(C)OC(C)(C)C2)C1. The summed E-state index contributed by atoms with van der Waals surface area (Å²) in [7, 11) is 0. The summed E-state index contributed by atoms with van der Waals surface area (Å²) in [6.45, 7) is 11.9. The maximum Gasteiger partial charge on any atom is 0.0757 e. The van der Waals surface area contributed by atoms with Crippen molar-refractivity contribution >= 4 is 0 Å². The van der Waals surface area contributed by atoms with Crippen molar-refractivity contribution in [3.8, 4) is 0 Å². The summed E-state index contributed by atoms with van der Waals surface area (Å²) < 4.78 is 6.02. The Morgan fingerprint density at radius 2 is 2.00 bits per heavy atom. The molecule has 4 unspecified atom stereocenters. The normalized spacial score (nSPS) is 41.8. The fourth-order valence-electron chi connectivity index (χ4n) is 3.89. The van der Waals surface area contributed by atoms with Gasteiger partial charge in [-0.15, -0.1) is 0 Å². The maximum atomic E-state index is 6.02. The summed E-state index contributed by atoms with van der Waals surface area (Å²) in [5.74, 6) is 1.53. The highest BCUT2D eigenvalue weighted by Crippen LogP contribution is 2.34. The van der Waals surface area contributed by atoms with Gasteiger partial charge in [-0.3, -0.25) is 4.90 Å². The molecule has 3 nitrogen and oxygen atoms in total. The molecule has 0 aromatic carbocycles. The molecule has 18 heavy (non-hydrogen) atoms. The van der Waals surface area contributed by atoms with Gasteiger partial charge in [-0.05, 0) is 52.0 Å². The van der Waals surface area contributed by atoms with Crippen LogP contribution >= 0.6 is 0 Å². The van der Waals surface area contributed by atoms with E-state index in [0.29, 0.717) is 18.1 Å². The average Bonchev–Trinajstić information content (AvgIpc) is 2.26. The van der Waals surface area contributed by atoms with Gasteiger partial charge in [0.1, 0.15) is 0 Å². The van der Waals surface area contributed by atoms with Gasteiger partial charge >= 0.3 is 0 Å². The summed E-state index contributed by atoms with van der Waals surface area (Å²) in [4.78, 5) is 2.65. The van der Waals surface area contributed by atoms with Crippen molar-refractivity contribution < 1.29 is 4.74 Å². The monoisotopic (exact) mass is 254 g/mol. The average molecular weight is 254 g/mol. The summed E-state index contributed by atoms with van der Waals surface area (Å²) in [6.07, 6.45) is 4.30. The molecule has 1 saturated carbocycles. The van der Waals surface area contributed by atoms with Crippen LogP contribution in [0.15, 0.2) is 0 Å². The summed E-state index contributed by atoms with van der Waals surface area (Å²) in [6, 6.07) is 0.671. The molecule has 0 spiro atoms. The highest BCUT2D eigenvalue weighted by molar-refractivity contribution is 4.92. The van der Waals surface area contributed by atoms with Crippen LogP contribution in [0.5, 0.6) is 0 Å². The second-order valence-electron chi connectivity index (χ2n) is 7.10. The predicted octanol–water partition coefficient (Wildman–Crippen LogP) is 2.25. The molecule has 0 bridgehead atoms. The third-order valence-corrected chi connectivity index (χ3v) is 4.59. The lowest BCUT2D eigenvalue weighted by Gasteiger charge is -2.49. The van der Waals surface area contributed by atoms with Crippen LogP contribution in [-0.2, 0) is 4.74 Å². The Bertz CT molecular complexity index is 280. The van der Waals surface area contributed by atoms with Gasteiger partial charge in [0.25, 0.3) is 0 Å². The minimum absolute atomic E-state index is 0.0164. The van der Waals surface area contributed by atoms with E-state index in [9.17, 15) is 0 Å². The van der Waals surface area contributed by atoms with Crippen molar-refractivity contribution in [3.05, 3.63) is 0 Å². The third-order valence-electron chi connectivity index (χ3n) is 4.59. The lowest BCUT2D eigenvalue weighted by atomic mass is 9.77. The van der Waals surface area contributed by atoms with Crippen molar-refractivity contribution in [2.45, 2.75) is 64.7 Å². The number of ether oxygens (including phenoxy) is 1. The summed E-state index contributed by atoms with van der Waals surface area (Å²) in [5, 5.41) is 0. The van der Waals surface area contributed by atoms with Gasteiger partial charge in [-0.1, -0.05) is 13.3 Å². The largest absolute Gasteiger partial charge is 0.370 e. The molecule has 1 heterocycles. The van der Waals surface area contributed by atoms with Crippen LogP contribution in [0.4, 0.5) is 0 Å². The topological polar surface area (TPSA) is 38.5 Å². The van der Waals surface area contributed by atoms with Crippen molar-refractivity contribution in [2.24, 2.45) is 17.6 Å². The van der Waals surface area contributed by atoms with Gasteiger partial charge < -0.3 is 10.5 Å². The van der Waals surface area contributed by atoms with E-state index in [1.807, 2.05) is 0 Å². The Labute approximate surface area is 112 Å². The molecular weight excluding hydrogens is 224 g/mol. The molecule has 1 aliphatic carbocycles. The maximum absolute atomic E-state index is 6.02. The van der Waals surface area contributed by atoms with E-state index in [4.69, 9.17) is 10.5 Å². The Kier molecular flexibility index (Phi) is 4.35. The first-order valence-electron chi connectivity index (χ1n) is 7.53. The van der Waals surface area contributed by atoms with E-state index in [-0.39, 0.29) is 5.60 Å². The van der Waals surface area contributed by atoms with E-state index in [0.717, 1.165) is 25.6 Å². The Hall–Kier alpha value is -0.120. The molecule has 0 aromatic rings. The molecule has 3 heteroatoms. The van der Waals surface area contributed by atoms with Crippen LogP contribution in [0.1, 0.15) is 47.0 Å². The first kappa shape index (κ1) is 14.3. The summed E-state index contributed by atoms with van der Waals surface area (Å²) in [5.41, 5.74) is 5.97. The van der Waals surface area contributed by atoms with Crippen LogP contribution in [0.25, 0.3) is 0 Å². The number of nitrogens with zero attached hydrogens (tertiary/aromatic N) is 1. The molecule has 1 saturated heterocycles. The molecule has 2 fully saturated rings. The number of rotatable bonds is 2. The van der Waals surface area contributed by atoms with Crippen LogP contribution in [0.3, 0.4) is 0 Å². The highest BCUT2D eigenvalue weighted by Gasteiger charge is 2.39. The minimum Gasteiger partial charge on any atom is -0.370 e. The first-order valence-corrected chi connectivity index (χ1v) is 7.53. The predicted molar refractivity (Wildman–Crippen MR) is 75.5 cm³/mol. The molecule has 2 aliphatic rings. The lowest BCUT2D eigenvalue weighted by molar-refractivity contribution is -0.146. The zero-order valence-corrected chi connectivity index (χ0v) is 12.5. The summed E-state index contributed by atoms with van der Waals surface area (Å²) >= 11 is 0. The quantitative estimate of drug-likeness (QED) is 0.821. The standard InChI is InChI=1S/C15H30N2O/c1-11-5-6-13(8-16)14(7-11)17-9-12(2)18-15(3,4)10-17/h11-14H,5-10,16H2,1-4H3. The van der Waals surface area contributed by atoms with Crippen molar-refractivity contribution in [2.75, 3.05) is 19.6 Å². The van der Waals surface area contributed by atoms with Gasteiger partial charge in [0, 0.05) is 19.1 Å². The highest BCUT2D eigenvalue weighted by atomic mass is 16.5. The first-order chi connectivity index (χ1) is 8.41. The van der Waals surface area contributed by atoms with Crippen molar-refractivity contribution in [1.29, 1.82) is 0 Å². The second-order valence-corrected chi connectivity index (χ2v) is 7.10.